The van der Waals surface area contributed by atoms with Crippen LogP contribution in [0.5, 0.6) is 0 Å². The third kappa shape index (κ3) is 3.44. The number of benzene rings is 1. The van der Waals surface area contributed by atoms with Crippen LogP contribution in [-0.4, -0.2) is 36.1 Å². The summed E-state index contributed by atoms with van der Waals surface area (Å²) in [5.41, 5.74) is 1.12. The standard InChI is InChI=1S/C17H26N2O2/c1-5-21-11-15(12(2)3)19-16(18-13(4)17(19)20)14-9-7-6-8-10-14/h6-10,12-13,15-16,18H,5,11H2,1-4H3. The summed E-state index contributed by atoms with van der Waals surface area (Å²) < 4.78 is 5.62. The maximum atomic E-state index is 12.6. The lowest BCUT2D eigenvalue weighted by Gasteiger charge is -2.35. The summed E-state index contributed by atoms with van der Waals surface area (Å²) in [6.45, 7) is 9.45. The number of amides is 1. The Balaban J connectivity index is 2.29. The molecule has 1 saturated heterocycles. The molecule has 21 heavy (non-hydrogen) atoms. The molecule has 1 aliphatic rings. The van der Waals surface area contributed by atoms with Crippen LogP contribution in [0.1, 0.15) is 39.4 Å². The first-order chi connectivity index (χ1) is 10.1. The van der Waals surface area contributed by atoms with Gasteiger partial charge in [0.1, 0.15) is 6.17 Å². The van der Waals surface area contributed by atoms with Gasteiger partial charge in [-0.2, -0.15) is 0 Å². The van der Waals surface area contributed by atoms with Gasteiger partial charge in [0, 0.05) is 6.61 Å². The second-order valence-corrected chi connectivity index (χ2v) is 5.92. The van der Waals surface area contributed by atoms with E-state index in [1.54, 1.807) is 0 Å². The molecule has 1 heterocycles. The minimum Gasteiger partial charge on any atom is -0.380 e. The van der Waals surface area contributed by atoms with E-state index >= 15 is 0 Å². The van der Waals surface area contributed by atoms with E-state index < -0.39 is 0 Å². The molecule has 0 spiro atoms. The molecule has 4 nitrogen and oxygen atoms in total. The average Bonchev–Trinajstić information content (AvgIpc) is 2.77. The van der Waals surface area contributed by atoms with E-state index in [1.165, 1.54) is 0 Å². The Morgan fingerprint density at radius 1 is 1.29 bits per heavy atom. The smallest absolute Gasteiger partial charge is 0.241 e. The molecule has 0 aromatic heterocycles. The van der Waals surface area contributed by atoms with Gasteiger partial charge < -0.3 is 9.64 Å². The van der Waals surface area contributed by atoms with Crippen LogP contribution in [0.25, 0.3) is 0 Å². The largest absolute Gasteiger partial charge is 0.380 e. The molecular weight excluding hydrogens is 264 g/mol. The third-order valence-electron chi connectivity index (χ3n) is 4.05. The van der Waals surface area contributed by atoms with Crippen LogP contribution >= 0.6 is 0 Å². The highest BCUT2D eigenvalue weighted by molar-refractivity contribution is 5.84. The van der Waals surface area contributed by atoms with Gasteiger partial charge in [0.15, 0.2) is 0 Å². The van der Waals surface area contributed by atoms with Crippen LogP contribution in [-0.2, 0) is 9.53 Å². The number of ether oxygens (including phenoxy) is 1. The van der Waals surface area contributed by atoms with Crippen LogP contribution in [0.2, 0.25) is 0 Å². The Labute approximate surface area is 127 Å². The summed E-state index contributed by atoms with van der Waals surface area (Å²) >= 11 is 0. The third-order valence-corrected chi connectivity index (χ3v) is 4.05. The van der Waals surface area contributed by atoms with Gasteiger partial charge in [-0.15, -0.1) is 0 Å². The molecule has 1 aliphatic heterocycles. The quantitative estimate of drug-likeness (QED) is 0.875. The van der Waals surface area contributed by atoms with Gasteiger partial charge in [-0.3, -0.25) is 10.1 Å². The van der Waals surface area contributed by atoms with Crippen molar-refractivity contribution in [2.75, 3.05) is 13.2 Å². The molecule has 2 rings (SSSR count). The van der Waals surface area contributed by atoms with Gasteiger partial charge in [-0.05, 0) is 25.3 Å². The van der Waals surface area contributed by atoms with Crippen LogP contribution in [0.15, 0.2) is 30.3 Å². The summed E-state index contributed by atoms with van der Waals surface area (Å²) in [4.78, 5) is 14.6. The zero-order chi connectivity index (χ0) is 15.4. The lowest BCUT2D eigenvalue weighted by Crippen LogP contribution is -2.45. The Morgan fingerprint density at radius 3 is 2.52 bits per heavy atom. The van der Waals surface area contributed by atoms with E-state index in [4.69, 9.17) is 4.74 Å². The van der Waals surface area contributed by atoms with E-state index in [1.807, 2.05) is 36.9 Å². The molecule has 1 fully saturated rings. The first-order valence-electron chi connectivity index (χ1n) is 7.77. The molecule has 1 aromatic carbocycles. The summed E-state index contributed by atoms with van der Waals surface area (Å²) in [6, 6.07) is 10.1. The van der Waals surface area contributed by atoms with Crippen molar-refractivity contribution < 1.29 is 9.53 Å². The Bertz CT molecular complexity index is 461. The second kappa shape index (κ2) is 7.05. The van der Waals surface area contributed by atoms with Gasteiger partial charge in [0.05, 0.1) is 18.7 Å². The van der Waals surface area contributed by atoms with Crippen LogP contribution < -0.4 is 5.32 Å². The predicted octanol–water partition coefficient (Wildman–Crippen LogP) is 2.57. The molecule has 0 radical (unpaired) electrons. The van der Waals surface area contributed by atoms with Gasteiger partial charge in [-0.1, -0.05) is 44.2 Å². The van der Waals surface area contributed by atoms with Gasteiger partial charge >= 0.3 is 0 Å². The Kier molecular flexibility index (Phi) is 5.37. The average molecular weight is 290 g/mol. The minimum absolute atomic E-state index is 0.0680. The molecule has 3 atom stereocenters. The highest BCUT2D eigenvalue weighted by Gasteiger charge is 2.42. The predicted molar refractivity (Wildman–Crippen MR) is 83.7 cm³/mol. The number of hydrogen-bond acceptors (Lipinski definition) is 3. The molecule has 1 N–H and O–H groups in total. The van der Waals surface area contributed by atoms with Gasteiger partial charge in [0.25, 0.3) is 0 Å². The zero-order valence-electron chi connectivity index (χ0n) is 13.4. The monoisotopic (exact) mass is 290 g/mol. The van der Waals surface area contributed by atoms with Crippen molar-refractivity contribution >= 4 is 5.91 Å². The van der Waals surface area contributed by atoms with E-state index in [-0.39, 0.29) is 24.2 Å². The molecule has 116 valence electrons. The van der Waals surface area contributed by atoms with E-state index in [0.717, 1.165) is 5.56 Å². The normalized spacial score (nSPS) is 23.9. The minimum atomic E-state index is -0.155. The van der Waals surface area contributed by atoms with Crippen molar-refractivity contribution in [1.82, 2.24) is 10.2 Å². The fraction of sp³-hybridized carbons (Fsp3) is 0.588. The molecule has 0 bridgehead atoms. The fourth-order valence-electron chi connectivity index (χ4n) is 2.82. The van der Waals surface area contributed by atoms with Crippen LogP contribution in [0, 0.1) is 5.92 Å². The number of carbonyl (C=O) groups is 1. The maximum absolute atomic E-state index is 12.6. The molecule has 3 unspecified atom stereocenters. The first kappa shape index (κ1) is 16.0. The number of nitrogens with zero attached hydrogens (tertiary/aromatic N) is 1. The second-order valence-electron chi connectivity index (χ2n) is 5.92. The van der Waals surface area contributed by atoms with Crippen molar-refractivity contribution in [2.24, 2.45) is 5.92 Å². The first-order valence-corrected chi connectivity index (χ1v) is 7.77. The molecule has 0 saturated carbocycles. The van der Waals surface area contributed by atoms with E-state index in [0.29, 0.717) is 19.1 Å². The van der Waals surface area contributed by atoms with Crippen molar-refractivity contribution in [3.05, 3.63) is 35.9 Å². The topological polar surface area (TPSA) is 41.6 Å². The molecule has 4 heteroatoms. The van der Waals surface area contributed by atoms with E-state index in [2.05, 4.69) is 31.3 Å². The van der Waals surface area contributed by atoms with Crippen molar-refractivity contribution in [3.8, 4) is 0 Å². The lowest BCUT2D eigenvalue weighted by atomic mass is 10.0. The van der Waals surface area contributed by atoms with Crippen molar-refractivity contribution in [1.29, 1.82) is 0 Å². The number of nitrogens with one attached hydrogen (secondary N) is 1. The maximum Gasteiger partial charge on any atom is 0.241 e. The Morgan fingerprint density at radius 2 is 1.95 bits per heavy atom. The summed E-state index contributed by atoms with van der Waals surface area (Å²) in [7, 11) is 0. The number of rotatable bonds is 6. The highest BCUT2D eigenvalue weighted by atomic mass is 16.5. The summed E-state index contributed by atoms with van der Waals surface area (Å²) in [5, 5.41) is 3.40. The summed E-state index contributed by atoms with van der Waals surface area (Å²) in [5.74, 6) is 0.501. The van der Waals surface area contributed by atoms with Crippen LogP contribution in [0.3, 0.4) is 0 Å². The SMILES string of the molecule is CCOCC(C(C)C)N1C(=O)C(C)NC1c1ccccc1. The highest BCUT2D eigenvalue weighted by Crippen LogP contribution is 2.30. The molecule has 1 amide bonds. The van der Waals surface area contributed by atoms with Gasteiger partial charge in [-0.25, -0.2) is 0 Å². The molecular formula is C17H26N2O2. The van der Waals surface area contributed by atoms with Crippen molar-refractivity contribution in [3.63, 3.8) is 0 Å². The zero-order valence-corrected chi connectivity index (χ0v) is 13.4. The molecule has 1 aromatic rings. The van der Waals surface area contributed by atoms with Crippen molar-refractivity contribution in [2.45, 2.75) is 45.9 Å². The van der Waals surface area contributed by atoms with Gasteiger partial charge in [0.2, 0.25) is 5.91 Å². The Hall–Kier alpha value is -1.39. The fourth-order valence-corrected chi connectivity index (χ4v) is 2.82. The number of carbonyl (C=O) groups excluding carboxylic acids is 1. The van der Waals surface area contributed by atoms with Crippen LogP contribution in [0.4, 0.5) is 0 Å². The lowest BCUT2D eigenvalue weighted by molar-refractivity contribution is -0.134. The summed E-state index contributed by atoms with van der Waals surface area (Å²) in [6.07, 6.45) is -0.0680. The van der Waals surface area contributed by atoms with E-state index in [9.17, 15) is 4.79 Å². The number of hydrogen-bond donors (Lipinski definition) is 1. The molecule has 0 aliphatic carbocycles.